The lowest BCUT2D eigenvalue weighted by Gasteiger charge is -2.30. The number of nitrogens with zero attached hydrogens (tertiary/aromatic N) is 2. The quantitative estimate of drug-likeness (QED) is 0.779. The van der Waals surface area contributed by atoms with Gasteiger partial charge in [-0.3, -0.25) is 0 Å². The molecule has 27 heavy (non-hydrogen) atoms. The molecule has 4 rings (SSSR count). The molecular formula is C22H24N2O2S. The highest BCUT2D eigenvalue weighted by Crippen LogP contribution is 2.35. The summed E-state index contributed by atoms with van der Waals surface area (Å²) >= 11 is 0. The highest BCUT2D eigenvalue weighted by atomic mass is 32.2. The first kappa shape index (κ1) is 18.0. The monoisotopic (exact) mass is 380 g/mol. The lowest BCUT2D eigenvalue weighted by molar-refractivity contribution is 0.395. The van der Waals surface area contributed by atoms with Gasteiger partial charge in [0.05, 0.1) is 0 Å². The standard InChI is InChI=1S/C22H24N2O2S/c1-15(2)17-8-10-19(11-9-17)21-16(3)22(23-27(21,25)26)24-13-12-18-6-4-5-7-20(18)14-24/h4-11,15H,12-14H2,1-3H3. The first-order valence-corrected chi connectivity index (χ1v) is 10.8. The van der Waals surface area contributed by atoms with Gasteiger partial charge in [-0.25, -0.2) is 0 Å². The van der Waals surface area contributed by atoms with E-state index < -0.39 is 10.0 Å². The molecule has 2 aromatic carbocycles. The van der Waals surface area contributed by atoms with Gasteiger partial charge in [-0.1, -0.05) is 62.4 Å². The average Bonchev–Trinajstić information content (AvgIpc) is 2.90. The highest BCUT2D eigenvalue weighted by Gasteiger charge is 2.34. The maximum Gasteiger partial charge on any atom is 0.285 e. The van der Waals surface area contributed by atoms with Crippen molar-refractivity contribution in [2.45, 2.75) is 39.7 Å². The van der Waals surface area contributed by atoms with E-state index in [0.29, 0.717) is 28.8 Å². The van der Waals surface area contributed by atoms with Crippen LogP contribution < -0.4 is 0 Å². The summed E-state index contributed by atoms with van der Waals surface area (Å²) in [7, 11) is -3.67. The second-order valence-corrected chi connectivity index (χ2v) is 9.10. The van der Waals surface area contributed by atoms with Crippen molar-refractivity contribution in [3.63, 3.8) is 0 Å². The van der Waals surface area contributed by atoms with E-state index in [4.69, 9.17) is 0 Å². The summed E-state index contributed by atoms with van der Waals surface area (Å²) < 4.78 is 29.8. The largest absolute Gasteiger partial charge is 0.351 e. The van der Waals surface area contributed by atoms with Gasteiger partial charge in [-0.15, -0.1) is 4.40 Å². The molecule has 0 spiro atoms. The van der Waals surface area contributed by atoms with Gasteiger partial charge in [0.15, 0.2) is 0 Å². The smallest absolute Gasteiger partial charge is 0.285 e. The van der Waals surface area contributed by atoms with Crippen LogP contribution in [-0.2, 0) is 23.0 Å². The summed E-state index contributed by atoms with van der Waals surface area (Å²) in [5.74, 6) is 1.00. The molecule has 0 N–H and O–H groups in total. The van der Waals surface area contributed by atoms with Crippen LogP contribution in [0.5, 0.6) is 0 Å². The molecule has 0 amide bonds. The minimum atomic E-state index is -3.67. The van der Waals surface area contributed by atoms with Crippen LogP contribution in [0.1, 0.15) is 48.9 Å². The SMILES string of the molecule is CC1=C(c2ccc(C(C)C)cc2)S(=O)(=O)N=C1N1CCc2ccccc2C1. The van der Waals surface area contributed by atoms with Gasteiger partial charge in [-0.2, -0.15) is 8.42 Å². The normalized spacial score (nSPS) is 18.7. The van der Waals surface area contributed by atoms with Crippen LogP contribution in [0.25, 0.3) is 4.91 Å². The molecule has 0 saturated carbocycles. The fourth-order valence-corrected chi connectivity index (χ4v) is 5.36. The fourth-order valence-electron chi connectivity index (χ4n) is 3.88. The summed E-state index contributed by atoms with van der Waals surface area (Å²) in [5.41, 5.74) is 5.23. The number of fused-ring (bicyclic) bond motifs is 1. The van der Waals surface area contributed by atoms with Crippen molar-refractivity contribution in [1.29, 1.82) is 0 Å². The Bertz CT molecular complexity index is 1050. The lowest BCUT2D eigenvalue weighted by atomic mass is 9.98. The Balaban J connectivity index is 1.70. The van der Waals surface area contributed by atoms with E-state index in [0.717, 1.165) is 18.5 Å². The minimum Gasteiger partial charge on any atom is -0.351 e. The van der Waals surface area contributed by atoms with Gasteiger partial charge in [0.1, 0.15) is 10.7 Å². The molecule has 2 aliphatic heterocycles. The Morgan fingerprint density at radius 1 is 1.00 bits per heavy atom. The van der Waals surface area contributed by atoms with Crippen molar-refractivity contribution < 1.29 is 8.42 Å². The Morgan fingerprint density at radius 3 is 2.33 bits per heavy atom. The predicted octanol–water partition coefficient (Wildman–Crippen LogP) is 4.34. The number of sulfonamides is 1. The van der Waals surface area contributed by atoms with Crippen molar-refractivity contribution in [3.05, 3.63) is 76.4 Å². The van der Waals surface area contributed by atoms with Crippen LogP contribution in [0.4, 0.5) is 0 Å². The van der Waals surface area contributed by atoms with Gasteiger partial charge in [-0.05, 0) is 41.5 Å². The molecule has 0 aliphatic carbocycles. The van der Waals surface area contributed by atoms with E-state index in [9.17, 15) is 8.42 Å². The molecule has 2 heterocycles. The maximum atomic E-state index is 12.8. The molecule has 2 aliphatic rings. The first-order valence-electron chi connectivity index (χ1n) is 9.35. The lowest BCUT2D eigenvalue weighted by Crippen LogP contribution is -2.35. The summed E-state index contributed by atoms with van der Waals surface area (Å²) in [6.07, 6.45) is 0.904. The van der Waals surface area contributed by atoms with Gasteiger partial charge < -0.3 is 4.90 Å². The minimum absolute atomic E-state index is 0.340. The molecule has 2 aromatic rings. The Kier molecular flexibility index (Phi) is 4.42. The Morgan fingerprint density at radius 2 is 1.67 bits per heavy atom. The molecule has 0 fully saturated rings. The second kappa shape index (κ2) is 6.64. The Labute approximate surface area is 161 Å². The number of amidine groups is 1. The molecule has 0 bridgehead atoms. The maximum absolute atomic E-state index is 12.8. The van der Waals surface area contributed by atoms with Crippen LogP contribution in [0.3, 0.4) is 0 Å². The Hall–Kier alpha value is -2.40. The van der Waals surface area contributed by atoms with Crippen molar-refractivity contribution in [2.75, 3.05) is 6.54 Å². The summed E-state index contributed by atoms with van der Waals surface area (Å²) in [4.78, 5) is 2.43. The highest BCUT2D eigenvalue weighted by molar-refractivity contribution is 8.00. The van der Waals surface area contributed by atoms with Crippen molar-refractivity contribution in [2.24, 2.45) is 4.40 Å². The van der Waals surface area contributed by atoms with Crippen LogP contribution in [-0.4, -0.2) is 25.7 Å². The number of rotatable bonds is 2. The van der Waals surface area contributed by atoms with Crippen molar-refractivity contribution in [3.8, 4) is 0 Å². The topological polar surface area (TPSA) is 49.7 Å². The molecule has 140 valence electrons. The fraction of sp³-hybridized carbons (Fsp3) is 0.318. The molecule has 0 unspecified atom stereocenters. The summed E-state index contributed by atoms with van der Waals surface area (Å²) in [6, 6.07) is 16.1. The number of hydrogen-bond donors (Lipinski definition) is 0. The molecule has 0 radical (unpaired) electrons. The number of benzene rings is 2. The zero-order chi connectivity index (χ0) is 19.2. The third-order valence-corrected chi connectivity index (χ3v) is 6.88. The zero-order valence-corrected chi connectivity index (χ0v) is 16.8. The van der Waals surface area contributed by atoms with Crippen LogP contribution in [0.15, 0.2) is 58.5 Å². The molecular weight excluding hydrogens is 356 g/mol. The van der Waals surface area contributed by atoms with E-state index in [-0.39, 0.29) is 0 Å². The van der Waals surface area contributed by atoms with Gasteiger partial charge in [0, 0.05) is 18.7 Å². The zero-order valence-electron chi connectivity index (χ0n) is 15.9. The van der Waals surface area contributed by atoms with Crippen molar-refractivity contribution >= 4 is 20.8 Å². The van der Waals surface area contributed by atoms with Crippen LogP contribution in [0, 0.1) is 0 Å². The molecule has 0 atom stereocenters. The van der Waals surface area contributed by atoms with Crippen LogP contribution in [0.2, 0.25) is 0 Å². The van der Waals surface area contributed by atoms with E-state index in [2.05, 4.69) is 41.3 Å². The third-order valence-electron chi connectivity index (χ3n) is 5.41. The summed E-state index contributed by atoms with van der Waals surface area (Å²) in [5, 5.41) is 0. The molecule has 4 nitrogen and oxygen atoms in total. The summed E-state index contributed by atoms with van der Waals surface area (Å²) in [6.45, 7) is 7.60. The van der Waals surface area contributed by atoms with E-state index in [1.54, 1.807) is 0 Å². The van der Waals surface area contributed by atoms with Gasteiger partial charge in [0.25, 0.3) is 10.0 Å². The van der Waals surface area contributed by atoms with E-state index in [1.807, 2.05) is 37.3 Å². The first-order chi connectivity index (χ1) is 12.9. The van der Waals surface area contributed by atoms with Crippen LogP contribution >= 0.6 is 0 Å². The molecule has 0 aromatic heterocycles. The molecule has 0 saturated heterocycles. The van der Waals surface area contributed by atoms with Gasteiger partial charge in [0.2, 0.25) is 0 Å². The van der Waals surface area contributed by atoms with E-state index in [1.165, 1.54) is 16.7 Å². The number of hydrogen-bond acceptors (Lipinski definition) is 3. The van der Waals surface area contributed by atoms with Crippen molar-refractivity contribution in [1.82, 2.24) is 4.90 Å². The van der Waals surface area contributed by atoms with E-state index >= 15 is 0 Å². The average molecular weight is 381 g/mol. The third kappa shape index (κ3) is 3.21. The second-order valence-electron chi connectivity index (χ2n) is 7.56. The van der Waals surface area contributed by atoms with Gasteiger partial charge >= 0.3 is 0 Å². The molecule has 5 heteroatoms. The predicted molar refractivity (Wildman–Crippen MR) is 110 cm³/mol.